The second-order valence-corrected chi connectivity index (χ2v) is 9.40. The number of aliphatic imine (C=N–C) groups is 2. The number of hydrogen-bond acceptors (Lipinski definition) is 4. The van der Waals surface area contributed by atoms with E-state index in [1.807, 2.05) is 49.4 Å². The number of nitrogens with one attached hydrogen (secondary N) is 2. The molecule has 5 aromatic carbocycles. The Hall–Kier alpha value is -5.09. The molecule has 0 atom stereocenters. The zero-order chi connectivity index (χ0) is 26.6. The Kier molecular flexibility index (Phi) is 6.67. The molecule has 188 valence electrons. The van der Waals surface area contributed by atoms with Crippen LogP contribution in [0.25, 0.3) is 27.5 Å². The predicted octanol–water partition coefficient (Wildman–Crippen LogP) is 8.06. The van der Waals surface area contributed by atoms with Gasteiger partial charge >= 0.3 is 0 Å². The van der Waals surface area contributed by atoms with E-state index < -0.39 is 6.17 Å². The summed E-state index contributed by atoms with van der Waals surface area (Å²) in [6.45, 7) is 1.96. The molecule has 5 aromatic rings. The highest BCUT2D eigenvalue weighted by Crippen LogP contribution is 2.37. The van der Waals surface area contributed by atoms with Crippen molar-refractivity contribution in [3.63, 3.8) is 0 Å². The molecule has 0 saturated heterocycles. The number of benzene rings is 5. The number of amidine groups is 2. The summed E-state index contributed by atoms with van der Waals surface area (Å²) in [6.07, 6.45) is 2.94. The largest absolute Gasteiger partial charge is 0.324 e. The second-order valence-electron chi connectivity index (χ2n) is 9.40. The maximum atomic E-state index is 7.70. The average Bonchev–Trinajstić information content (AvgIpc) is 3.02. The van der Waals surface area contributed by atoms with Crippen LogP contribution >= 0.6 is 0 Å². The van der Waals surface area contributed by atoms with Gasteiger partial charge < -0.3 is 10.7 Å². The Bertz CT molecular complexity index is 1670. The van der Waals surface area contributed by atoms with E-state index in [4.69, 9.17) is 15.4 Å². The predicted molar refractivity (Wildman–Crippen MR) is 164 cm³/mol. The topological polar surface area (TPSA) is 60.6 Å². The maximum Gasteiger partial charge on any atom is 0.170 e. The zero-order valence-corrected chi connectivity index (χ0v) is 21.7. The lowest BCUT2D eigenvalue weighted by Gasteiger charge is -2.24. The third-order valence-electron chi connectivity index (χ3n) is 7.04. The molecule has 1 aliphatic rings. The Morgan fingerprint density at radius 1 is 0.667 bits per heavy atom. The van der Waals surface area contributed by atoms with Gasteiger partial charge in [0.25, 0.3) is 0 Å². The molecule has 0 fully saturated rings. The van der Waals surface area contributed by atoms with Gasteiger partial charge in [0.15, 0.2) is 6.17 Å². The summed E-state index contributed by atoms with van der Waals surface area (Å²) in [5.41, 5.74) is 7.29. The molecule has 39 heavy (non-hydrogen) atoms. The van der Waals surface area contributed by atoms with E-state index in [-0.39, 0.29) is 0 Å². The van der Waals surface area contributed by atoms with Gasteiger partial charge in [-0.2, -0.15) is 0 Å². The normalized spacial score (nSPS) is 13.9. The van der Waals surface area contributed by atoms with Gasteiger partial charge in [0, 0.05) is 22.9 Å². The van der Waals surface area contributed by atoms with Gasteiger partial charge in [0.1, 0.15) is 11.7 Å². The van der Waals surface area contributed by atoms with Crippen molar-refractivity contribution in [1.82, 2.24) is 5.32 Å². The summed E-state index contributed by atoms with van der Waals surface area (Å²) in [7, 11) is 0. The Morgan fingerprint density at radius 2 is 1.26 bits per heavy atom. The van der Waals surface area contributed by atoms with Crippen molar-refractivity contribution >= 4 is 34.2 Å². The first-order valence-electron chi connectivity index (χ1n) is 13.1. The van der Waals surface area contributed by atoms with Crippen LogP contribution in [0.5, 0.6) is 0 Å². The lowest BCUT2D eigenvalue weighted by Crippen LogP contribution is -2.36. The number of nitrogens with zero attached hydrogens (tertiary/aromatic N) is 2. The number of hydrogen-bond donors (Lipinski definition) is 2. The molecule has 4 nitrogen and oxygen atoms in total. The van der Waals surface area contributed by atoms with E-state index >= 15 is 0 Å². The first-order chi connectivity index (χ1) is 19.2. The number of rotatable bonds is 6. The van der Waals surface area contributed by atoms with Gasteiger partial charge in [0.2, 0.25) is 0 Å². The molecular weight excluding hydrogens is 476 g/mol. The molecule has 6 rings (SSSR count). The fourth-order valence-corrected chi connectivity index (χ4v) is 5.08. The highest BCUT2D eigenvalue weighted by Gasteiger charge is 2.23. The molecule has 2 N–H and O–H groups in total. The van der Waals surface area contributed by atoms with Crippen LogP contribution in [-0.4, -0.2) is 17.9 Å². The van der Waals surface area contributed by atoms with E-state index in [0.717, 1.165) is 61.4 Å². The Balaban J connectivity index is 1.52. The van der Waals surface area contributed by atoms with Crippen LogP contribution in [0.2, 0.25) is 0 Å². The molecule has 4 heteroatoms. The maximum absolute atomic E-state index is 7.70. The Morgan fingerprint density at radius 3 is 1.82 bits per heavy atom. The van der Waals surface area contributed by atoms with E-state index in [0.29, 0.717) is 0 Å². The van der Waals surface area contributed by atoms with Crippen molar-refractivity contribution in [3.8, 4) is 11.1 Å². The molecule has 0 unspecified atom stereocenters. The molecule has 1 heterocycles. The Labute approximate surface area is 228 Å². The second kappa shape index (κ2) is 10.7. The molecule has 0 aliphatic carbocycles. The van der Waals surface area contributed by atoms with E-state index in [1.54, 1.807) is 0 Å². The van der Waals surface area contributed by atoms with Crippen molar-refractivity contribution in [2.45, 2.75) is 13.1 Å². The summed E-state index contributed by atoms with van der Waals surface area (Å²) in [5, 5.41) is 13.5. The van der Waals surface area contributed by atoms with Gasteiger partial charge in [-0.25, -0.2) is 9.98 Å². The SMILES string of the molecule is C/C=C(\C=N)c1ccc(-c2cccc3cccc(C4N=C(c5ccccc5)NC(c5ccccc5)=N4)c23)cc1. The van der Waals surface area contributed by atoms with E-state index in [1.165, 1.54) is 6.21 Å². The summed E-state index contributed by atoms with van der Waals surface area (Å²) in [5.74, 6) is 1.61. The molecule has 0 bridgehead atoms. The minimum Gasteiger partial charge on any atom is -0.324 e. The molecule has 0 spiro atoms. The molecule has 0 radical (unpaired) electrons. The third kappa shape index (κ3) is 4.80. The van der Waals surface area contributed by atoms with Crippen molar-refractivity contribution in [2.24, 2.45) is 9.98 Å². The monoisotopic (exact) mass is 504 g/mol. The fourth-order valence-electron chi connectivity index (χ4n) is 5.08. The number of fused-ring (bicyclic) bond motifs is 1. The minimum atomic E-state index is -0.409. The van der Waals surface area contributed by atoms with Gasteiger partial charge in [0.05, 0.1) is 0 Å². The summed E-state index contributed by atoms with van der Waals surface area (Å²) in [6, 6.07) is 41.6. The number of allylic oxidation sites excluding steroid dienone is 2. The first-order valence-corrected chi connectivity index (χ1v) is 13.1. The van der Waals surface area contributed by atoms with Crippen LogP contribution in [0, 0.1) is 5.41 Å². The third-order valence-corrected chi connectivity index (χ3v) is 7.04. The van der Waals surface area contributed by atoms with E-state index in [2.05, 4.69) is 90.2 Å². The molecular formula is C35H28N4. The lowest BCUT2D eigenvalue weighted by atomic mass is 9.92. The van der Waals surface area contributed by atoms with Crippen LogP contribution in [-0.2, 0) is 0 Å². The van der Waals surface area contributed by atoms with Crippen LogP contribution in [0.1, 0.15) is 35.3 Å². The molecule has 0 saturated carbocycles. The van der Waals surface area contributed by atoms with Crippen LogP contribution in [0.15, 0.2) is 137 Å². The standard InChI is InChI=1S/C35H28N4/c1-2-24(23-36)25-19-21-26(22-20-25)30-17-9-15-27-16-10-18-31(32(27)30)35-38-33(28-11-5-3-6-12-28)37-34(39-35)29-13-7-4-8-14-29/h2-23,35-36H,1H3,(H,37,38,39)/b24-2+,36-23?. The summed E-state index contributed by atoms with van der Waals surface area (Å²) in [4.78, 5) is 10.3. The zero-order valence-electron chi connectivity index (χ0n) is 21.7. The van der Waals surface area contributed by atoms with Crippen LogP contribution < -0.4 is 5.32 Å². The van der Waals surface area contributed by atoms with Crippen molar-refractivity contribution in [1.29, 1.82) is 5.41 Å². The van der Waals surface area contributed by atoms with Gasteiger partial charge in [-0.1, -0.05) is 127 Å². The first kappa shape index (κ1) is 24.3. The van der Waals surface area contributed by atoms with E-state index in [9.17, 15) is 0 Å². The highest BCUT2D eigenvalue weighted by molar-refractivity contribution is 6.16. The fraction of sp³-hybridized carbons (Fsp3) is 0.0571. The van der Waals surface area contributed by atoms with Crippen LogP contribution in [0.4, 0.5) is 0 Å². The highest BCUT2D eigenvalue weighted by atomic mass is 15.2. The van der Waals surface area contributed by atoms with Gasteiger partial charge in [-0.05, 0) is 40.0 Å². The van der Waals surface area contributed by atoms with Crippen LogP contribution in [0.3, 0.4) is 0 Å². The molecule has 0 aromatic heterocycles. The molecule has 0 amide bonds. The lowest BCUT2D eigenvalue weighted by molar-refractivity contribution is 0.762. The van der Waals surface area contributed by atoms with Crippen molar-refractivity contribution in [2.75, 3.05) is 0 Å². The van der Waals surface area contributed by atoms with Crippen molar-refractivity contribution in [3.05, 3.63) is 150 Å². The smallest absolute Gasteiger partial charge is 0.170 e. The molecule has 1 aliphatic heterocycles. The quantitative estimate of drug-likeness (QED) is 0.226. The summed E-state index contributed by atoms with van der Waals surface area (Å²) < 4.78 is 0. The van der Waals surface area contributed by atoms with Gasteiger partial charge in [-0.15, -0.1) is 0 Å². The van der Waals surface area contributed by atoms with Gasteiger partial charge in [-0.3, -0.25) is 0 Å². The summed E-state index contributed by atoms with van der Waals surface area (Å²) >= 11 is 0. The minimum absolute atomic E-state index is 0.409. The van der Waals surface area contributed by atoms with Crippen molar-refractivity contribution < 1.29 is 0 Å². The average molecular weight is 505 g/mol.